The molecular weight excluding hydrogens is 484 g/mol. The van der Waals surface area contributed by atoms with Crippen molar-refractivity contribution in [3.05, 3.63) is 12.2 Å². The minimum Gasteiger partial charge on any atom is -0.466 e. The van der Waals surface area contributed by atoms with E-state index < -0.39 is 16.6 Å². The molecule has 0 heterocycles. The van der Waals surface area contributed by atoms with Crippen LogP contribution in [0.2, 0.25) is 36.3 Å². The van der Waals surface area contributed by atoms with Crippen molar-refractivity contribution in [1.82, 2.24) is 0 Å². The zero-order valence-electron chi connectivity index (χ0n) is 24.7. The Bertz CT molecular complexity index is 656. The van der Waals surface area contributed by atoms with Crippen molar-refractivity contribution in [2.45, 2.75) is 142 Å². The van der Waals surface area contributed by atoms with E-state index in [2.05, 4.69) is 60.6 Å². The van der Waals surface area contributed by atoms with Crippen molar-refractivity contribution in [2.75, 3.05) is 6.61 Å². The first-order valence-electron chi connectivity index (χ1n) is 14.9. The maximum Gasteiger partial charge on any atom is 0.306 e. The summed E-state index contributed by atoms with van der Waals surface area (Å²) in [6.45, 7) is 17.8. The molecule has 1 aliphatic rings. The summed E-state index contributed by atoms with van der Waals surface area (Å²) in [6.07, 6.45) is 9.39. The number of unbranched alkanes of at least 4 members (excludes halogenated alkanes) is 2. The van der Waals surface area contributed by atoms with E-state index >= 15 is 0 Å². The Kier molecular flexibility index (Phi) is 15.7. The number of hydrogen-bond acceptors (Lipinski definition) is 5. The van der Waals surface area contributed by atoms with Crippen LogP contribution in [0.15, 0.2) is 12.2 Å². The first-order chi connectivity index (χ1) is 17.2. The van der Waals surface area contributed by atoms with E-state index in [1.165, 1.54) is 12.8 Å². The zero-order valence-corrected chi connectivity index (χ0v) is 26.7. The van der Waals surface area contributed by atoms with Gasteiger partial charge in [-0.25, -0.2) is 0 Å². The Morgan fingerprint density at radius 3 is 2.00 bits per heavy atom. The SMILES string of the molecule is CCCCC[C@@H](/C=C/[C@H]1[C@@H](O[Si](CC)(CC)CC)CC(=O)[C@H]1CC(=O)OCC)O[Si](CC)(CC)CC. The molecule has 0 unspecified atom stereocenters. The van der Waals surface area contributed by atoms with Crippen LogP contribution in [-0.4, -0.2) is 47.2 Å². The van der Waals surface area contributed by atoms with Gasteiger partial charge in [-0.2, -0.15) is 0 Å². The topological polar surface area (TPSA) is 61.8 Å². The molecule has 0 saturated heterocycles. The minimum absolute atomic E-state index is 0.0631. The average molecular weight is 541 g/mol. The van der Waals surface area contributed by atoms with Gasteiger partial charge in [-0.15, -0.1) is 0 Å². The molecule has 7 heteroatoms. The molecule has 1 aliphatic carbocycles. The van der Waals surface area contributed by atoms with Gasteiger partial charge in [0.1, 0.15) is 5.78 Å². The second kappa shape index (κ2) is 16.9. The van der Waals surface area contributed by atoms with Gasteiger partial charge in [-0.05, 0) is 49.6 Å². The Morgan fingerprint density at radius 2 is 1.50 bits per heavy atom. The van der Waals surface area contributed by atoms with Crippen molar-refractivity contribution in [3.63, 3.8) is 0 Å². The number of ether oxygens (including phenoxy) is 1. The highest BCUT2D eigenvalue weighted by Gasteiger charge is 2.46. The lowest BCUT2D eigenvalue weighted by molar-refractivity contribution is -0.146. The van der Waals surface area contributed by atoms with Gasteiger partial charge in [-0.1, -0.05) is 79.9 Å². The van der Waals surface area contributed by atoms with Gasteiger partial charge in [0.15, 0.2) is 16.6 Å². The molecular formula is C29H56O5Si2. The molecule has 0 aromatic carbocycles. The third-order valence-corrected chi connectivity index (χ3v) is 18.0. The number of carbonyl (C=O) groups excluding carboxylic acids is 2. The summed E-state index contributed by atoms with van der Waals surface area (Å²) in [5, 5.41) is 0. The molecule has 0 aromatic heterocycles. The van der Waals surface area contributed by atoms with Crippen molar-refractivity contribution >= 4 is 28.4 Å². The predicted molar refractivity (Wildman–Crippen MR) is 155 cm³/mol. The summed E-state index contributed by atoms with van der Waals surface area (Å²) >= 11 is 0. The maximum absolute atomic E-state index is 13.2. The van der Waals surface area contributed by atoms with Crippen LogP contribution in [0.1, 0.15) is 93.9 Å². The highest BCUT2D eigenvalue weighted by Crippen LogP contribution is 2.39. The molecule has 1 fully saturated rings. The van der Waals surface area contributed by atoms with Crippen LogP contribution in [0.4, 0.5) is 0 Å². The monoisotopic (exact) mass is 540 g/mol. The fraction of sp³-hybridized carbons (Fsp3) is 0.862. The van der Waals surface area contributed by atoms with Gasteiger partial charge in [0.05, 0.1) is 25.2 Å². The molecule has 0 bridgehead atoms. The van der Waals surface area contributed by atoms with E-state index in [4.69, 9.17) is 13.6 Å². The van der Waals surface area contributed by atoms with Crippen LogP contribution in [0, 0.1) is 11.8 Å². The number of rotatable bonds is 19. The van der Waals surface area contributed by atoms with Gasteiger partial charge < -0.3 is 13.6 Å². The highest BCUT2D eigenvalue weighted by molar-refractivity contribution is 6.74. The van der Waals surface area contributed by atoms with Crippen LogP contribution >= 0.6 is 0 Å². The number of ketones is 1. The Labute approximate surface area is 224 Å². The van der Waals surface area contributed by atoms with Crippen molar-refractivity contribution < 1.29 is 23.2 Å². The quantitative estimate of drug-likeness (QED) is 0.0717. The summed E-state index contributed by atoms with van der Waals surface area (Å²) in [4.78, 5) is 25.6. The Hall–Kier alpha value is -0.766. The minimum atomic E-state index is -1.90. The largest absolute Gasteiger partial charge is 0.466 e. The molecule has 36 heavy (non-hydrogen) atoms. The van der Waals surface area contributed by atoms with Gasteiger partial charge >= 0.3 is 5.97 Å². The molecule has 0 N–H and O–H groups in total. The van der Waals surface area contributed by atoms with Crippen molar-refractivity contribution in [2.24, 2.45) is 11.8 Å². The lowest BCUT2D eigenvalue weighted by atomic mass is 9.90. The second-order valence-corrected chi connectivity index (χ2v) is 20.0. The number of Topliss-reactive ketones (excluding diaryl/α,β-unsaturated/α-hetero) is 1. The maximum atomic E-state index is 13.2. The fourth-order valence-corrected chi connectivity index (χ4v) is 11.4. The van der Waals surface area contributed by atoms with Gasteiger partial charge in [0, 0.05) is 18.3 Å². The molecule has 0 spiro atoms. The molecule has 0 aliphatic heterocycles. The molecule has 0 amide bonds. The van der Waals surface area contributed by atoms with E-state index in [0.29, 0.717) is 13.0 Å². The Balaban J connectivity index is 3.30. The normalized spacial score (nSPS) is 21.9. The summed E-state index contributed by atoms with van der Waals surface area (Å²) in [6, 6.07) is 6.50. The van der Waals surface area contributed by atoms with Crippen LogP contribution in [0.3, 0.4) is 0 Å². The molecule has 1 rings (SSSR count). The summed E-state index contributed by atoms with van der Waals surface area (Å²) in [5.74, 6) is -0.622. The summed E-state index contributed by atoms with van der Waals surface area (Å²) in [7, 11) is -3.68. The third kappa shape index (κ3) is 9.52. The van der Waals surface area contributed by atoms with Crippen molar-refractivity contribution in [3.8, 4) is 0 Å². The van der Waals surface area contributed by atoms with Crippen LogP contribution in [0.25, 0.3) is 0 Å². The highest BCUT2D eigenvalue weighted by atomic mass is 28.4. The first-order valence-corrected chi connectivity index (χ1v) is 20.0. The smallest absolute Gasteiger partial charge is 0.306 e. The number of hydrogen-bond donors (Lipinski definition) is 0. The number of esters is 1. The van der Waals surface area contributed by atoms with Crippen LogP contribution in [-0.2, 0) is 23.2 Å². The third-order valence-electron chi connectivity index (χ3n) is 8.71. The summed E-state index contributed by atoms with van der Waals surface area (Å²) < 4.78 is 19.0. The zero-order chi connectivity index (χ0) is 27.2. The lowest BCUT2D eigenvalue weighted by Gasteiger charge is -2.34. The summed E-state index contributed by atoms with van der Waals surface area (Å²) in [5.41, 5.74) is 0. The second-order valence-electron chi connectivity index (χ2n) is 10.5. The molecule has 0 radical (unpaired) electrons. The molecule has 4 atom stereocenters. The molecule has 0 aromatic rings. The van der Waals surface area contributed by atoms with Crippen molar-refractivity contribution in [1.29, 1.82) is 0 Å². The van der Waals surface area contributed by atoms with E-state index in [1.54, 1.807) is 0 Å². The molecule has 5 nitrogen and oxygen atoms in total. The van der Waals surface area contributed by atoms with E-state index in [9.17, 15) is 9.59 Å². The molecule has 1 saturated carbocycles. The number of carbonyl (C=O) groups is 2. The fourth-order valence-electron chi connectivity index (χ4n) is 5.67. The molecule has 210 valence electrons. The predicted octanol–water partition coefficient (Wildman–Crippen LogP) is 8.06. The van der Waals surface area contributed by atoms with Gasteiger partial charge in [-0.3, -0.25) is 9.59 Å². The van der Waals surface area contributed by atoms with Gasteiger partial charge in [0.2, 0.25) is 0 Å². The van der Waals surface area contributed by atoms with Crippen LogP contribution in [0.5, 0.6) is 0 Å². The first kappa shape index (κ1) is 33.3. The average Bonchev–Trinajstić information content (AvgIpc) is 3.17. The lowest BCUT2D eigenvalue weighted by Crippen LogP contribution is -2.41. The standard InChI is InChI=1S/C29H56O5Si2/c1-9-17-18-19-24(33-35(11-3,12-4)13-5)20-21-25-26(22-29(31)32-10-2)27(30)23-28(25)34-36(14-6,15-7)16-8/h20-21,24-26,28H,9-19,22-23H2,1-8H3/b21-20+/t24-,25+,26-,28-/m0/s1. The van der Waals surface area contributed by atoms with E-state index in [-0.39, 0.29) is 42.2 Å². The van der Waals surface area contributed by atoms with E-state index in [1.807, 2.05) is 6.92 Å². The van der Waals surface area contributed by atoms with E-state index in [0.717, 1.165) is 49.1 Å². The van der Waals surface area contributed by atoms with Gasteiger partial charge in [0.25, 0.3) is 0 Å². The van der Waals surface area contributed by atoms with Crippen LogP contribution < -0.4 is 0 Å². The Morgan fingerprint density at radius 1 is 0.917 bits per heavy atom.